The van der Waals surface area contributed by atoms with E-state index >= 15 is 0 Å². The highest BCUT2D eigenvalue weighted by Crippen LogP contribution is 2.22. The zero-order chi connectivity index (χ0) is 15.4. The third-order valence-corrected chi connectivity index (χ3v) is 3.34. The second-order valence-corrected chi connectivity index (χ2v) is 4.70. The standard InChI is InChI=1S/C13H18N4O4/c1-3-21-13(18)11-8-14-6-7-16(11)12-5-4-10(17(19)20)9(2)15-12/h4-5,11,14H,3,6-8H2,1-2H3. The van der Waals surface area contributed by atoms with E-state index in [2.05, 4.69) is 10.3 Å². The Kier molecular flexibility index (Phi) is 4.69. The molecule has 1 unspecified atom stereocenters. The lowest BCUT2D eigenvalue weighted by Gasteiger charge is -2.35. The summed E-state index contributed by atoms with van der Waals surface area (Å²) in [6.07, 6.45) is 0. The molecule has 1 aromatic rings. The molecule has 0 aromatic carbocycles. The molecule has 1 atom stereocenters. The van der Waals surface area contributed by atoms with E-state index in [-0.39, 0.29) is 11.7 Å². The number of nitro groups is 1. The molecule has 0 bridgehead atoms. The number of aromatic nitrogens is 1. The van der Waals surface area contributed by atoms with Crippen LogP contribution in [-0.4, -0.2) is 48.2 Å². The molecule has 114 valence electrons. The van der Waals surface area contributed by atoms with Gasteiger partial charge in [-0.05, 0) is 19.9 Å². The number of rotatable bonds is 4. The van der Waals surface area contributed by atoms with Crippen LogP contribution in [0.4, 0.5) is 11.5 Å². The fourth-order valence-corrected chi connectivity index (χ4v) is 2.32. The van der Waals surface area contributed by atoms with Crippen LogP contribution < -0.4 is 10.2 Å². The Balaban J connectivity index is 2.27. The van der Waals surface area contributed by atoms with Gasteiger partial charge in [-0.3, -0.25) is 10.1 Å². The third kappa shape index (κ3) is 3.27. The van der Waals surface area contributed by atoms with Crippen LogP contribution in [0.2, 0.25) is 0 Å². The Hall–Kier alpha value is -2.22. The minimum Gasteiger partial charge on any atom is -0.464 e. The molecule has 0 amide bonds. The van der Waals surface area contributed by atoms with E-state index in [1.54, 1.807) is 19.9 Å². The first kappa shape index (κ1) is 15.2. The Labute approximate surface area is 122 Å². The molecule has 8 nitrogen and oxygen atoms in total. The molecule has 1 fully saturated rings. The highest BCUT2D eigenvalue weighted by atomic mass is 16.6. The summed E-state index contributed by atoms with van der Waals surface area (Å²) >= 11 is 0. The predicted molar refractivity (Wildman–Crippen MR) is 76.3 cm³/mol. The van der Waals surface area contributed by atoms with Gasteiger partial charge in [-0.1, -0.05) is 0 Å². The number of aryl methyl sites for hydroxylation is 1. The lowest BCUT2D eigenvalue weighted by Crippen LogP contribution is -2.56. The first-order valence-corrected chi connectivity index (χ1v) is 6.80. The summed E-state index contributed by atoms with van der Waals surface area (Å²) in [5.41, 5.74) is 0.306. The number of pyridine rings is 1. The number of piperazine rings is 1. The maximum absolute atomic E-state index is 12.0. The van der Waals surface area contributed by atoms with Gasteiger partial charge in [0.15, 0.2) is 0 Å². The van der Waals surface area contributed by atoms with Crippen LogP contribution >= 0.6 is 0 Å². The first-order chi connectivity index (χ1) is 10.0. The van der Waals surface area contributed by atoms with Gasteiger partial charge in [-0.25, -0.2) is 9.78 Å². The van der Waals surface area contributed by atoms with E-state index in [1.807, 2.05) is 4.90 Å². The molecule has 1 aliphatic rings. The summed E-state index contributed by atoms with van der Waals surface area (Å²) < 4.78 is 5.07. The summed E-state index contributed by atoms with van der Waals surface area (Å²) in [6, 6.07) is 2.52. The number of hydrogen-bond acceptors (Lipinski definition) is 7. The van der Waals surface area contributed by atoms with Crippen LogP contribution in [0.25, 0.3) is 0 Å². The van der Waals surface area contributed by atoms with Gasteiger partial charge in [0.25, 0.3) is 5.69 Å². The quantitative estimate of drug-likeness (QED) is 0.494. The highest BCUT2D eigenvalue weighted by Gasteiger charge is 2.31. The van der Waals surface area contributed by atoms with E-state index in [0.717, 1.165) is 0 Å². The minimum absolute atomic E-state index is 0.0263. The number of carbonyl (C=O) groups is 1. The summed E-state index contributed by atoms with van der Waals surface area (Å²) in [4.78, 5) is 28.5. The number of nitrogens with zero attached hydrogens (tertiary/aromatic N) is 3. The number of anilines is 1. The molecule has 1 saturated heterocycles. The lowest BCUT2D eigenvalue weighted by atomic mass is 10.2. The summed E-state index contributed by atoms with van der Waals surface area (Å²) in [5.74, 6) is 0.236. The van der Waals surface area contributed by atoms with Crippen molar-refractivity contribution in [3.63, 3.8) is 0 Å². The number of ether oxygens (including phenoxy) is 1. The largest absolute Gasteiger partial charge is 0.464 e. The predicted octanol–water partition coefficient (Wildman–Crippen LogP) is 0.640. The Morgan fingerprint density at radius 3 is 3.00 bits per heavy atom. The molecule has 0 spiro atoms. The zero-order valence-corrected chi connectivity index (χ0v) is 12.0. The van der Waals surface area contributed by atoms with E-state index < -0.39 is 11.0 Å². The normalized spacial score (nSPS) is 18.4. The van der Waals surface area contributed by atoms with Crippen LogP contribution in [0, 0.1) is 17.0 Å². The fourth-order valence-electron chi connectivity index (χ4n) is 2.32. The van der Waals surface area contributed by atoms with Gasteiger partial charge >= 0.3 is 5.97 Å². The summed E-state index contributed by atoms with van der Waals surface area (Å²) in [6.45, 7) is 5.43. The summed E-state index contributed by atoms with van der Waals surface area (Å²) in [5, 5.41) is 14.0. The van der Waals surface area contributed by atoms with E-state index in [0.29, 0.717) is 37.8 Å². The van der Waals surface area contributed by atoms with E-state index in [1.165, 1.54) is 6.07 Å². The SMILES string of the molecule is CCOC(=O)C1CNCCN1c1ccc([N+](=O)[O-])c(C)n1. The lowest BCUT2D eigenvalue weighted by molar-refractivity contribution is -0.385. The van der Waals surface area contributed by atoms with Crippen LogP contribution in [0.15, 0.2) is 12.1 Å². The van der Waals surface area contributed by atoms with Crippen molar-refractivity contribution < 1.29 is 14.5 Å². The van der Waals surface area contributed by atoms with Crippen molar-refractivity contribution in [2.75, 3.05) is 31.1 Å². The average Bonchev–Trinajstić information content (AvgIpc) is 2.47. The number of esters is 1. The van der Waals surface area contributed by atoms with Gasteiger partial charge in [0.1, 0.15) is 17.6 Å². The molecule has 2 heterocycles. The molecule has 1 N–H and O–H groups in total. The third-order valence-electron chi connectivity index (χ3n) is 3.34. The fraction of sp³-hybridized carbons (Fsp3) is 0.538. The highest BCUT2D eigenvalue weighted by molar-refractivity contribution is 5.80. The van der Waals surface area contributed by atoms with Crippen LogP contribution in [0.1, 0.15) is 12.6 Å². The molecule has 0 aliphatic carbocycles. The molecule has 1 aliphatic heterocycles. The number of nitrogens with one attached hydrogen (secondary N) is 1. The van der Waals surface area contributed by atoms with Crippen LogP contribution in [0.3, 0.4) is 0 Å². The van der Waals surface area contributed by atoms with Gasteiger partial charge in [0, 0.05) is 25.7 Å². The van der Waals surface area contributed by atoms with Crippen LogP contribution in [0.5, 0.6) is 0 Å². The van der Waals surface area contributed by atoms with Crippen molar-refractivity contribution >= 4 is 17.5 Å². The number of hydrogen-bond donors (Lipinski definition) is 1. The van der Waals surface area contributed by atoms with Gasteiger partial charge in [0.05, 0.1) is 11.5 Å². The first-order valence-electron chi connectivity index (χ1n) is 6.80. The maximum Gasteiger partial charge on any atom is 0.330 e. The van der Waals surface area contributed by atoms with E-state index in [4.69, 9.17) is 4.74 Å². The minimum atomic E-state index is -0.466. The second kappa shape index (κ2) is 6.49. The van der Waals surface area contributed by atoms with Crippen LogP contribution in [-0.2, 0) is 9.53 Å². The Morgan fingerprint density at radius 1 is 1.62 bits per heavy atom. The molecule has 1 aromatic heterocycles. The van der Waals surface area contributed by atoms with Crippen molar-refractivity contribution in [3.8, 4) is 0 Å². The smallest absolute Gasteiger partial charge is 0.330 e. The molecule has 0 radical (unpaired) electrons. The van der Waals surface area contributed by atoms with Crippen molar-refractivity contribution in [3.05, 3.63) is 27.9 Å². The zero-order valence-electron chi connectivity index (χ0n) is 12.0. The van der Waals surface area contributed by atoms with Gasteiger partial charge in [-0.2, -0.15) is 0 Å². The van der Waals surface area contributed by atoms with Crippen molar-refractivity contribution in [1.29, 1.82) is 0 Å². The van der Waals surface area contributed by atoms with Crippen molar-refractivity contribution in [1.82, 2.24) is 10.3 Å². The molecular formula is C13H18N4O4. The second-order valence-electron chi connectivity index (χ2n) is 4.70. The van der Waals surface area contributed by atoms with Gasteiger partial charge in [0.2, 0.25) is 0 Å². The summed E-state index contributed by atoms with van der Waals surface area (Å²) in [7, 11) is 0. The topological polar surface area (TPSA) is 97.6 Å². The van der Waals surface area contributed by atoms with Crippen molar-refractivity contribution in [2.45, 2.75) is 19.9 Å². The van der Waals surface area contributed by atoms with Gasteiger partial charge < -0.3 is 15.0 Å². The van der Waals surface area contributed by atoms with E-state index in [9.17, 15) is 14.9 Å². The molecule has 21 heavy (non-hydrogen) atoms. The van der Waals surface area contributed by atoms with Gasteiger partial charge in [-0.15, -0.1) is 0 Å². The molecular weight excluding hydrogens is 276 g/mol. The monoisotopic (exact) mass is 294 g/mol. The number of carbonyl (C=O) groups excluding carboxylic acids is 1. The van der Waals surface area contributed by atoms with Crippen molar-refractivity contribution in [2.24, 2.45) is 0 Å². The Morgan fingerprint density at radius 2 is 2.38 bits per heavy atom. The average molecular weight is 294 g/mol. The molecule has 0 saturated carbocycles. The molecule has 8 heteroatoms. The Bertz CT molecular complexity index is 549. The maximum atomic E-state index is 12.0. The molecule has 2 rings (SSSR count).